The third kappa shape index (κ3) is 20.9. The molecular weight excluding hydrogens is 296 g/mol. The van der Waals surface area contributed by atoms with Crippen molar-refractivity contribution in [3.05, 3.63) is 24.3 Å². The molecule has 0 aromatic heterocycles. The number of allylic oxidation sites excluding steroid dienone is 4. The number of aliphatic carboxylic acids is 1. The lowest BCUT2D eigenvalue weighted by Crippen LogP contribution is -1.91. The number of rotatable bonds is 18. The summed E-state index contributed by atoms with van der Waals surface area (Å²) in [5.74, 6) is -0.726. The Hall–Kier alpha value is -1.05. The van der Waals surface area contributed by atoms with E-state index in [2.05, 4.69) is 13.0 Å². The van der Waals surface area contributed by atoms with E-state index in [9.17, 15) is 4.79 Å². The maximum Gasteiger partial charge on any atom is 0.303 e. The summed E-state index contributed by atoms with van der Waals surface area (Å²) in [6, 6.07) is 0. The first-order chi connectivity index (χ1) is 11.8. The molecule has 0 atom stereocenters. The van der Waals surface area contributed by atoms with Crippen molar-refractivity contribution < 1.29 is 9.90 Å². The minimum Gasteiger partial charge on any atom is -0.481 e. The number of hydrogen-bond donors (Lipinski definition) is 1. The van der Waals surface area contributed by atoms with Crippen LogP contribution >= 0.6 is 0 Å². The fourth-order valence-corrected chi connectivity index (χ4v) is 2.84. The summed E-state index contributed by atoms with van der Waals surface area (Å²) < 4.78 is 0. The predicted molar refractivity (Wildman–Crippen MR) is 105 cm³/mol. The highest BCUT2D eigenvalue weighted by atomic mass is 16.4. The Morgan fingerprint density at radius 3 is 1.54 bits per heavy atom. The zero-order valence-corrected chi connectivity index (χ0v) is 16.0. The molecule has 0 fully saturated rings. The van der Waals surface area contributed by atoms with E-state index >= 15 is 0 Å². The van der Waals surface area contributed by atoms with Crippen molar-refractivity contribution in [2.75, 3.05) is 0 Å². The van der Waals surface area contributed by atoms with Crippen molar-refractivity contribution in [1.29, 1.82) is 0 Å². The fourth-order valence-electron chi connectivity index (χ4n) is 2.84. The smallest absolute Gasteiger partial charge is 0.303 e. The van der Waals surface area contributed by atoms with E-state index in [0.717, 1.165) is 6.42 Å². The minimum absolute atomic E-state index is 0.225. The van der Waals surface area contributed by atoms with Gasteiger partial charge in [0.25, 0.3) is 0 Å². The lowest BCUT2D eigenvalue weighted by molar-refractivity contribution is -0.136. The molecule has 0 aromatic carbocycles. The Balaban J connectivity index is 3.13. The fraction of sp³-hybridized carbons (Fsp3) is 0.773. The molecule has 0 spiro atoms. The van der Waals surface area contributed by atoms with Gasteiger partial charge in [-0.15, -0.1) is 0 Å². The summed E-state index contributed by atoms with van der Waals surface area (Å²) in [4.78, 5) is 10.3. The second-order valence-electron chi connectivity index (χ2n) is 6.82. The summed E-state index contributed by atoms with van der Waals surface area (Å²) >= 11 is 0. The molecule has 0 amide bonds. The largest absolute Gasteiger partial charge is 0.481 e. The molecule has 140 valence electrons. The Labute approximate surface area is 150 Å². The van der Waals surface area contributed by atoms with E-state index in [4.69, 9.17) is 5.11 Å². The van der Waals surface area contributed by atoms with Crippen LogP contribution in [0, 0.1) is 0 Å². The molecule has 0 unspecified atom stereocenters. The molecule has 0 bridgehead atoms. The van der Waals surface area contributed by atoms with Gasteiger partial charge in [-0.05, 0) is 19.3 Å². The highest BCUT2D eigenvalue weighted by Gasteiger charge is 1.93. The quantitative estimate of drug-likeness (QED) is 0.208. The van der Waals surface area contributed by atoms with Crippen molar-refractivity contribution >= 4 is 5.97 Å². The van der Waals surface area contributed by atoms with Gasteiger partial charge >= 0.3 is 5.97 Å². The minimum atomic E-state index is -0.726. The van der Waals surface area contributed by atoms with Gasteiger partial charge in [0.05, 0.1) is 0 Å². The second-order valence-corrected chi connectivity index (χ2v) is 6.82. The second kappa shape index (κ2) is 20.0. The van der Waals surface area contributed by atoms with Gasteiger partial charge < -0.3 is 5.11 Å². The summed E-state index contributed by atoms with van der Waals surface area (Å²) in [5.41, 5.74) is 0. The molecule has 2 heteroatoms. The number of hydrogen-bond acceptors (Lipinski definition) is 1. The summed E-state index contributed by atoms with van der Waals surface area (Å²) in [6.45, 7) is 2.28. The van der Waals surface area contributed by atoms with Crippen LogP contribution in [0.25, 0.3) is 0 Å². The Morgan fingerprint density at radius 1 is 0.667 bits per heavy atom. The molecule has 0 heterocycles. The van der Waals surface area contributed by atoms with Crippen LogP contribution in [0.2, 0.25) is 0 Å². The van der Waals surface area contributed by atoms with Crippen molar-refractivity contribution in [3.8, 4) is 0 Å². The highest BCUT2D eigenvalue weighted by Crippen LogP contribution is 2.13. The average molecular weight is 337 g/mol. The summed E-state index contributed by atoms with van der Waals surface area (Å²) in [6.07, 6.45) is 28.3. The van der Waals surface area contributed by atoms with Crippen LogP contribution in [0.1, 0.15) is 110 Å². The average Bonchev–Trinajstić information content (AvgIpc) is 2.56. The van der Waals surface area contributed by atoms with Crippen molar-refractivity contribution in [2.24, 2.45) is 0 Å². The van der Waals surface area contributed by atoms with Crippen molar-refractivity contribution in [1.82, 2.24) is 0 Å². The van der Waals surface area contributed by atoms with Gasteiger partial charge in [-0.1, -0.05) is 108 Å². The van der Waals surface area contributed by atoms with Crippen LogP contribution < -0.4 is 0 Å². The van der Waals surface area contributed by atoms with Gasteiger partial charge in [-0.3, -0.25) is 4.79 Å². The number of carboxylic acid groups (broad SMARTS) is 1. The number of carbonyl (C=O) groups is 1. The third-order valence-electron chi connectivity index (χ3n) is 4.38. The predicted octanol–water partition coefficient (Wildman–Crippen LogP) is 7.44. The Bertz CT molecular complexity index is 318. The molecule has 24 heavy (non-hydrogen) atoms. The summed E-state index contributed by atoms with van der Waals surface area (Å²) in [5, 5.41) is 8.51. The first-order valence-corrected chi connectivity index (χ1v) is 10.3. The van der Waals surface area contributed by atoms with Gasteiger partial charge in [-0.25, -0.2) is 0 Å². The molecule has 0 radical (unpaired) electrons. The van der Waals surface area contributed by atoms with E-state index < -0.39 is 5.97 Å². The van der Waals surface area contributed by atoms with Gasteiger partial charge in [0.2, 0.25) is 0 Å². The molecule has 0 saturated carbocycles. The van der Waals surface area contributed by atoms with Crippen LogP contribution in [0.15, 0.2) is 24.3 Å². The van der Waals surface area contributed by atoms with Crippen LogP contribution in [0.4, 0.5) is 0 Å². The zero-order valence-electron chi connectivity index (χ0n) is 16.0. The number of carboxylic acids is 1. The molecule has 2 nitrogen and oxygen atoms in total. The van der Waals surface area contributed by atoms with Gasteiger partial charge in [0, 0.05) is 6.42 Å². The van der Waals surface area contributed by atoms with Crippen LogP contribution in [0.3, 0.4) is 0 Å². The van der Waals surface area contributed by atoms with E-state index in [0.29, 0.717) is 6.42 Å². The molecule has 0 rings (SSSR count). The molecule has 1 N–H and O–H groups in total. The summed E-state index contributed by atoms with van der Waals surface area (Å²) in [7, 11) is 0. The lowest BCUT2D eigenvalue weighted by atomic mass is 10.0. The molecule has 0 saturated heterocycles. The van der Waals surface area contributed by atoms with Gasteiger partial charge in [0.1, 0.15) is 0 Å². The topological polar surface area (TPSA) is 37.3 Å². The lowest BCUT2D eigenvalue weighted by Gasteiger charge is -2.02. The van der Waals surface area contributed by atoms with Crippen molar-refractivity contribution in [2.45, 2.75) is 110 Å². The maximum atomic E-state index is 10.3. The van der Waals surface area contributed by atoms with Gasteiger partial charge in [0.15, 0.2) is 0 Å². The van der Waals surface area contributed by atoms with E-state index in [1.54, 1.807) is 0 Å². The molecule has 0 aliphatic carbocycles. The van der Waals surface area contributed by atoms with Crippen LogP contribution in [-0.2, 0) is 4.79 Å². The molecule has 0 aliphatic rings. The Morgan fingerprint density at radius 2 is 1.08 bits per heavy atom. The van der Waals surface area contributed by atoms with E-state index in [1.807, 2.05) is 18.2 Å². The Kier molecular flexibility index (Phi) is 19.1. The monoisotopic (exact) mass is 336 g/mol. The molecule has 0 aliphatic heterocycles. The molecular formula is C22H40O2. The SMILES string of the molecule is CCCCCCCCCCCCCCC/C=C/C=C/CCC(=O)O. The molecule has 0 aromatic rings. The van der Waals surface area contributed by atoms with Gasteiger partial charge in [-0.2, -0.15) is 0 Å². The van der Waals surface area contributed by atoms with Crippen LogP contribution in [0.5, 0.6) is 0 Å². The van der Waals surface area contributed by atoms with E-state index in [-0.39, 0.29) is 6.42 Å². The zero-order chi connectivity index (χ0) is 17.7. The normalized spacial score (nSPS) is 11.7. The first-order valence-electron chi connectivity index (χ1n) is 10.3. The standard InChI is InChI=1S/C22H40O2/c1-2-3-4-5-6-7-8-9-10-11-12-13-14-15-16-17-18-19-20-21-22(23)24/h16-19H,2-15,20-21H2,1H3,(H,23,24)/b17-16+,19-18+. The number of unbranched alkanes of at least 4 members (excludes halogenated alkanes) is 13. The maximum absolute atomic E-state index is 10.3. The van der Waals surface area contributed by atoms with E-state index in [1.165, 1.54) is 83.5 Å². The first kappa shape index (κ1) is 22.9. The third-order valence-corrected chi connectivity index (χ3v) is 4.38. The highest BCUT2D eigenvalue weighted by molar-refractivity contribution is 5.66. The van der Waals surface area contributed by atoms with Crippen molar-refractivity contribution in [3.63, 3.8) is 0 Å². The van der Waals surface area contributed by atoms with Crippen LogP contribution in [-0.4, -0.2) is 11.1 Å².